The number of alkyl carbamates (subject to hydrolysis) is 1. The lowest BCUT2D eigenvalue weighted by Crippen LogP contribution is -2.45. The first-order valence-corrected chi connectivity index (χ1v) is 8.80. The Labute approximate surface area is 158 Å². The van der Waals surface area contributed by atoms with Crippen LogP contribution >= 0.6 is 0 Å². The second kappa shape index (κ2) is 9.31. The summed E-state index contributed by atoms with van der Waals surface area (Å²) in [5.74, 6) is -0.474. The van der Waals surface area contributed by atoms with E-state index in [1.807, 2.05) is 0 Å². The number of hydrogen-bond donors (Lipinski definition) is 3. The molecule has 0 bridgehead atoms. The van der Waals surface area contributed by atoms with Crippen LogP contribution in [0.2, 0.25) is 0 Å². The number of para-hydroxylation sites is 2. The number of rotatable bonds is 6. The van der Waals surface area contributed by atoms with Gasteiger partial charge < -0.3 is 19.6 Å². The van der Waals surface area contributed by atoms with E-state index in [4.69, 9.17) is 19.8 Å². The van der Waals surface area contributed by atoms with Crippen molar-refractivity contribution in [2.75, 3.05) is 12.1 Å². The molecule has 0 aromatic heterocycles. The molecule has 0 radical (unpaired) electrons. The molecule has 148 valence electrons. The average molecular weight is 378 g/mol. The molecule has 0 saturated carbocycles. The van der Waals surface area contributed by atoms with Crippen LogP contribution in [-0.2, 0) is 19.1 Å². The Morgan fingerprint density at radius 1 is 1.30 bits per heavy atom. The summed E-state index contributed by atoms with van der Waals surface area (Å²) < 4.78 is 10.9. The van der Waals surface area contributed by atoms with Gasteiger partial charge in [0.15, 0.2) is 0 Å². The van der Waals surface area contributed by atoms with Gasteiger partial charge in [-0.2, -0.15) is 5.11 Å². The maximum Gasteiger partial charge on any atom is 0.407 e. The molecule has 1 aliphatic heterocycles. The lowest BCUT2D eigenvalue weighted by atomic mass is 10.0. The SMILES string of the molecule is CC(C)(C)OC(=O)N[C@@H]1CC[C@@H](CC(=O)ONc2ccccc2N=N)OC1. The van der Waals surface area contributed by atoms with Crippen LogP contribution in [0.1, 0.15) is 40.0 Å². The maximum absolute atomic E-state index is 12.0. The molecular weight excluding hydrogens is 352 g/mol. The van der Waals surface area contributed by atoms with Crippen molar-refractivity contribution in [1.29, 1.82) is 5.53 Å². The van der Waals surface area contributed by atoms with E-state index in [9.17, 15) is 9.59 Å². The Balaban J connectivity index is 1.70. The summed E-state index contributed by atoms with van der Waals surface area (Å²) in [5.41, 5.74) is 9.85. The molecular formula is C18H26N4O5. The van der Waals surface area contributed by atoms with E-state index in [1.54, 1.807) is 45.0 Å². The molecule has 27 heavy (non-hydrogen) atoms. The molecule has 9 heteroatoms. The second-order valence-corrected chi connectivity index (χ2v) is 7.29. The Morgan fingerprint density at radius 3 is 2.67 bits per heavy atom. The number of carbonyl (C=O) groups excluding carboxylic acids is 2. The van der Waals surface area contributed by atoms with Gasteiger partial charge >= 0.3 is 12.1 Å². The van der Waals surface area contributed by atoms with Gasteiger partial charge in [0.05, 0.1) is 30.9 Å². The van der Waals surface area contributed by atoms with Gasteiger partial charge in [0.25, 0.3) is 0 Å². The molecule has 1 aromatic carbocycles. The minimum Gasteiger partial charge on any atom is -0.444 e. The van der Waals surface area contributed by atoms with Crippen molar-refractivity contribution in [2.45, 2.75) is 57.8 Å². The molecule has 1 saturated heterocycles. The first kappa shape index (κ1) is 20.6. The van der Waals surface area contributed by atoms with Crippen LogP contribution in [0, 0.1) is 5.53 Å². The highest BCUT2D eigenvalue weighted by atomic mass is 16.7. The first-order valence-electron chi connectivity index (χ1n) is 8.80. The quantitative estimate of drug-likeness (QED) is 0.513. The van der Waals surface area contributed by atoms with Crippen molar-refractivity contribution in [3.05, 3.63) is 24.3 Å². The summed E-state index contributed by atoms with van der Waals surface area (Å²) >= 11 is 0. The molecule has 1 fully saturated rings. The van der Waals surface area contributed by atoms with Crippen LogP contribution in [0.15, 0.2) is 29.4 Å². The zero-order valence-electron chi connectivity index (χ0n) is 15.8. The summed E-state index contributed by atoms with van der Waals surface area (Å²) in [6.07, 6.45) is 0.648. The Bertz CT molecular complexity index is 666. The normalized spacial score (nSPS) is 19.7. The monoisotopic (exact) mass is 378 g/mol. The molecule has 1 aromatic rings. The number of carbonyl (C=O) groups is 2. The van der Waals surface area contributed by atoms with Gasteiger partial charge in [-0.3, -0.25) is 0 Å². The highest BCUT2D eigenvalue weighted by molar-refractivity contribution is 5.72. The second-order valence-electron chi connectivity index (χ2n) is 7.29. The van der Waals surface area contributed by atoms with E-state index in [0.717, 1.165) is 0 Å². The predicted octanol–water partition coefficient (Wildman–Crippen LogP) is 3.68. The Hall–Kier alpha value is -2.68. The van der Waals surface area contributed by atoms with Crippen LogP contribution in [0.4, 0.5) is 16.2 Å². The molecule has 0 spiro atoms. The predicted molar refractivity (Wildman–Crippen MR) is 97.7 cm³/mol. The van der Waals surface area contributed by atoms with Gasteiger partial charge in [-0.25, -0.2) is 20.6 Å². The number of benzene rings is 1. The van der Waals surface area contributed by atoms with E-state index in [-0.39, 0.29) is 18.6 Å². The lowest BCUT2D eigenvalue weighted by Gasteiger charge is -2.30. The molecule has 2 atom stereocenters. The van der Waals surface area contributed by atoms with Crippen LogP contribution in [-0.4, -0.2) is 36.4 Å². The molecule has 0 unspecified atom stereocenters. The zero-order chi connectivity index (χ0) is 19.9. The van der Waals surface area contributed by atoms with Gasteiger partial charge in [0.1, 0.15) is 11.3 Å². The Kier molecular flexibility index (Phi) is 7.12. The van der Waals surface area contributed by atoms with Gasteiger partial charge in [-0.1, -0.05) is 12.1 Å². The number of anilines is 1. The summed E-state index contributed by atoms with van der Waals surface area (Å²) in [6.45, 7) is 5.72. The number of hydrogen-bond acceptors (Lipinski definition) is 8. The van der Waals surface area contributed by atoms with Crippen molar-refractivity contribution in [1.82, 2.24) is 5.32 Å². The smallest absolute Gasteiger partial charge is 0.407 e. The van der Waals surface area contributed by atoms with Gasteiger partial charge in [0.2, 0.25) is 0 Å². The largest absolute Gasteiger partial charge is 0.444 e. The molecule has 2 rings (SSSR count). The fourth-order valence-corrected chi connectivity index (χ4v) is 2.55. The topological polar surface area (TPSA) is 122 Å². The third kappa shape index (κ3) is 7.22. The van der Waals surface area contributed by atoms with Gasteiger partial charge in [-0.05, 0) is 45.7 Å². The molecule has 0 aliphatic carbocycles. The van der Waals surface area contributed by atoms with Crippen LogP contribution in [0.3, 0.4) is 0 Å². The molecule has 1 amide bonds. The van der Waals surface area contributed by atoms with E-state index < -0.39 is 17.7 Å². The van der Waals surface area contributed by atoms with Gasteiger partial charge in [-0.15, -0.1) is 0 Å². The third-order valence-corrected chi connectivity index (χ3v) is 3.78. The van der Waals surface area contributed by atoms with Crippen LogP contribution in [0.25, 0.3) is 0 Å². The number of nitrogens with zero attached hydrogens (tertiary/aromatic N) is 1. The number of amides is 1. The van der Waals surface area contributed by atoms with Crippen molar-refractivity contribution in [3.8, 4) is 0 Å². The van der Waals surface area contributed by atoms with Crippen molar-refractivity contribution < 1.29 is 23.9 Å². The minimum atomic E-state index is -0.551. The minimum absolute atomic E-state index is 0.0896. The van der Waals surface area contributed by atoms with Crippen molar-refractivity contribution >= 4 is 23.4 Å². The van der Waals surface area contributed by atoms with Gasteiger partial charge in [0, 0.05) is 0 Å². The molecule has 1 heterocycles. The number of ether oxygens (including phenoxy) is 2. The third-order valence-electron chi connectivity index (χ3n) is 3.78. The first-order chi connectivity index (χ1) is 12.8. The highest BCUT2D eigenvalue weighted by Gasteiger charge is 2.27. The number of nitrogens with one attached hydrogen (secondary N) is 3. The summed E-state index contributed by atoms with van der Waals surface area (Å²) in [4.78, 5) is 28.8. The van der Waals surface area contributed by atoms with Crippen molar-refractivity contribution in [3.63, 3.8) is 0 Å². The lowest BCUT2D eigenvalue weighted by molar-refractivity contribution is -0.145. The zero-order valence-corrected chi connectivity index (χ0v) is 15.8. The summed E-state index contributed by atoms with van der Waals surface area (Å²) in [7, 11) is 0. The van der Waals surface area contributed by atoms with Crippen LogP contribution < -0.4 is 10.8 Å². The maximum atomic E-state index is 12.0. The summed E-state index contributed by atoms with van der Waals surface area (Å²) in [6, 6.07) is 6.62. The van der Waals surface area contributed by atoms with E-state index >= 15 is 0 Å². The van der Waals surface area contributed by atoms with E-state index in [0.29, 0.717) is 30.8 Å². The van der Waals surface area contributed by atoms with E-state index in [2.05, 4.69) is 15.9 Å². The average Bonchev–Trinajstić information content (AvgIpc) is 2.60. The highest BCUT2D eigenvalue weighted by Crippen LogP contribution is 2.24. The van der Waals surface area contributed by atoms with Crippen LogP contribution in [0.5, 0.6) is 0 Å². The Morgan fingerprint density at radius 2 is 2.04 bits per heavy atom. The van der Waals surface area contributed by atoms with E-state index in [1.165, 1.54) is 0 Å². The standard InChI is InChI=1S/C18H26N4O5/c1-18(2,3)26-17(24)20-12-8-9-13(25-11-12)10-16(23)27-22-15-7-5-4-6-14(15)21-19/h4-7,12-13,19,22H,8-11H2,1-3H3,(H,20,24)/t12-,13+/m1/s1. The van der Waals surface area contributed by atoms with Crippen molar-refractivity contribution in [2.24, 2.45) is 5.11 Å². The molecule has 9 nitrogen and oxygen atoms in total. The summed E-state index contributed by atoms with van der Waals surface area (Å²) in [5, 5.41) is 6.11. The molecule has 1 aliphatic rings. The fourth-order valence-electron chi connectivity index (χ4n) is 2.55. The molecule has 3 N–H and O–H groups in total. The fraction of sp³-hybridized carbons (Fsp3) is 0.556.